The average molecular weight is 249 g/mol. The number of hydrogen-bond acceptors (Lipinski definition) is 2. The molecule has 1 aliphatic carbocycles. The summed E-state index contributed by atoms with van der Waals surface area (Å²) in [6.45, 7) is 1.40. The van der Waals surface area contributed by atoms with Crippen LogP contribution < -0.4 is 0 Å². The first-order valence-electron chi connectivity index (χ1n) is 5.62. The van der Waals surface area contributed by atoms with Gasteiger partial charge in [0.1, 0.15) is 6.04 Å². The minimum Gasteiger partial charge on any atom is -0.480 e. The number of hydrogen-bond donors (Lipinski definition) is 1. The lowest BCUT2D eigenvalue weighted by Crippen LogP contribution is -2.44. The van der Waals surface area contributed by atoms with E-state index in [-0.39, 0.29) is 31.6 Å². The predicted molar refractivity (Wildman–Crippen MR) is 56.8 cm³/mol. The van der Waals surface area contributed by atoms with Gasteiger partial charge in [-0.3, -0.25) is 4.79 Å². The molecular weight excluding hydrogens is 232 g/mol. The SMILES string of the molecule is CC(C(=O)O)N(C)C(=O)C1CCC(F)(F)CC1. The van der Waals surface area contributed by atoms with E-state index in [1.807, 2.05) is 0 Å². The molecule has 1 saturated carbocycles. The van der Waals surface area contributed by atoms with E-state index < -0.39 is 23.9 Å². The van der Waals surface area contributed by atoms with Gasteiger partial charge in [0.2, 0.25) is 11.8 Å². The Labute approximate surface area is 98.6 Å². The van der Waals surface area contributed by atoms with Crippen LogP contribution in [0.5, 0.6) is 0 Å². The summed E-state index contributed by atoms with van der Waals surface area (Å²) in [4.78, 5) is 23.7. The van der Waals surface area contributed by atoms with Crippen molar-refractivity contribution in [2.24, 2.45) is 5.92 Å². The van der Waals surface area contributed by atoms with Crippen LogP contribution in [0.2, 0.25) is 0 Å². The van der Waals surface area contributed by atoms with Gasteiger partial charge in [-0.05, 0) is 19.8 Å². The van der Waals surface area contributed by atoms with Gasteiger partial charge in [0, 0.05) is 25.8 Å². The van der Waals surface area contributed by atoms with Crippen molar-refractivity contribution < 1.29 is 23.5 Å². The molecule has 1 unspecified atom stereocenters. The number of carbonyl (C=O) groups excluding carboxylic acids is 1. The first-order chi connectivity index (χ1) is 7.74. The monoisotopic (exact) mass is 249 g/mol. The molecule has 1 atom stereocenters. The summed E-state index contributed by atoms with van der Waals surface area (Å²) in [5, 5.41) is 8.77. The standard InChI is InChI=1S/C11H17F2NO3/c1-7(10(16)17)14(2)9(15)8-3-5-11(12,13)6-4-8/h7-8H,3-6H2,1-2H3,(H,16,17). The molecule has 0 aliphatic heterocycles. The smallest absolute Gasteiger partial charge is 0.326 e. The van der Waals surface area contributed by atoms with Crippen molar-refractivity contribution >= 4 is 11.9 Å². The van der Waals surface area contributed by atoms with Gasteiger partial charge in [-0.25, -0.2) is 13.6 Å². The zero-order chi connectivity index (χ0) is 13.2. The van der Waals surface area contributed by atoms with Gasteiger partial charge in [0.15, 0.2) is 0 Å². The van der Waals surface area contributed by atoms with Crippen LogP contribution in [0.25, 0.3) is 0 Å². The first kappa shape index (κ1) is 13.9. The number of likely N-dealkylation sites (N-methyl/N-ethyl adjacent to an activating group) is 1. The van der Waals surface area contributed by atoms with Gasteiger partial charge in [0.25, 0.3) is 0 Å². The van der Waals surface area contributed by atoms with Crippen molar-refractivity contribution in [3.63, 3.8) is 0 Å². The molecule has 0 aromatic rings. The third-order valence-electron chi connectivity index (χ3n) is 3.35. The van der Waals surface area contributed by atoms with Crippen LogP contribution in [0.1, 0.15) is 32.6 Å². The van der Waals surface area contributed by atoms with Gasteiger partial charge in [-0.1, -0.05) is 0 Å². The molecule has 0 bridgehead atoms. The van der Waals surface area contributed by atoms with Crippen LogP contribution in [0.3, 0.4) is 0 Å². The number of carbonyl (C=O) groups is 2. The van der Waals surface area contributed by atoms with Crippen molar-refractivity contribution in [3.8, 4) is 0 Å². The third kappa shape index (κ3) is 3.38. The molecule has 1 aliphatic rings. The summed E-state index contributed by atoms with van der Waals surface area (Å²) in [5.74, 6) is -4.59. The molecule has 0 radical (unpaired) electrons. The number of nitrogens with zero attached hydrogens (tertiary/aromatic N) is 1. The maximum atomic E-state index is 12.9. The largest absolute Gasteiger partial charge is 0.480 e. The normalized spacial score (nSPS) is 21.9. The quantitative estimate of drug-likeness (QED) is 0.828. The second-order valence-electron chi connectivity index (χ2n) is 4.59. The van der Waals surface area contributed by atoms with Gasteiger partial charge in [0.05, 0.1) is 0 Å². The molecule has 4 nitrogen and oxygen atoms in total. The molecule has 6 heteroatoms. The lowest BCUT2D eigenvalue weighted by Gasteiger charge is -2.31. The number of aliphatic carboxylic acids is 1. The Morgan fingerprint density at radius 2 is 1.82 bits per heavy atom. The van der Waals surface area contributed by atoms with Crippen LogP contribution in [0.15, 0.2) is 0 Å². The highest BCUT2D eigenvalue weighted by molar-refractivity contribution is 5.84. The van der Waals surface area contributed by atoms with Crippen molar-refractivity contribution in [3.05, 3.63) is 0 Å². The van der Waals surface area contributed by atoms with Crippen LogP contribution in [-0.2, 0) is 9.59 Å². The Bertz CT molecular complexity index is 310. The predicted octanol–water partition coefficient (Wildman–Crippen LogP) is 1.74. The molecule has 1 amide bonds. The summed E-state index contributed by atoms with van der Waals surface area (Å²) >= 11 is 0. The lowest BCUT2D eigenvalue weighted by atomic mass is 9.86. The topological polar surface area (TPSA) is 57.6 Å². The highest BCUT2D eigenvalue weighted by Crippen LogP contribution is 2.36. The minimum atomic E-state index is -2.67. The number of carboxylic acids is 1. The molecule has 0 aromatic heterocycles. The highest BCUT2D eigenvalue weighted by atomic mass is 19.3. The van der Waals surface area contributed by atoms with Crippen molar-refractivity contribution in [2.75, 3.05) is 7.05 Å². The molecule has 0 aromatic carbocycles. The minimum absolute atomic E-state index is 0.127. The van der Waals surface area contributed by atoms with Gasteiger partial charge in [-0.15, -0.1) is 0 Å². The van der Waals surface area contributed by atoms with E-state index in [2.05, 4.69) is 0 Å². The van der Waals surface area contributed by atoms with Crippen molar-refractivity contribution in [1.82, 2.24) is 4.90 Å². The summed E-state index contributed by atoms with van der Waals surface area (Å²) in [6, 6.07) is -0.926. The number of rotatable bonds is 3. The first-order valence-corrected chi connectivity index (χ1v) is 5.62. The maximum absolute atomic E-state index is 12.9. The summed E-state index contributed by atoms with van der Waals surface area (Å²) < 4.78 is 25.8. The fraction of sp³-hybridized carbons (Fsp3) is 0.818. The molecule has 1 fully saturated rings. The van der Waals surface area contributed by atoms with Crippen LogP contribution in [-0.4, -0.2) is 40.9 Å². The molecule has 0 spiro atoms. The zero-order valence-electron chi connectivity index (χ0n) is 9.95. The second kappa shape index (κ2) is 4.98. The van der Waals surface area contributed by atoms with E-state index in [1.54, 1.807) is 0 Å². The van der Waals surface area contributed by atoms with E-state index in [1.165, 1.54) is 14.0 Å². The Balaban J connectivity index is 2.57. The molecule has 0 saturated heterocycles. The van der Waals surface area contributed by atoms with Gasteiger partial charge >= 0.3 is 5.97 Å². The number of halogens is 2. The summed E-state index contributed by atoms with van der Waals surface area (Å²) in [6.07, 6.45) is -0.331. The fourth-order valence-corrected chi connectivity index (χ4v) is 1.93. The fourth-order valence-electron chi connectivity index (χ4n) is 1.93. The molecule has 98 valence electrons. The van der Waals surface area contributed by atoms with Crippen LogP contribution in [0.4, 0.5) is 8.78 Å². The Morgan fingerprint density at radius 3 is 2.24 bits per heavy atom. The Morgan fingerprint density at radius 1 is 1.35 bits per heavy atom. The van der Waals surface area contributed by atoms with Crippen molar-refractivity contribution in [2.45, 2.75) is 44.6 Å². The molecule has 1 N–H and O–H groups in total. The number of carboxylic acid groups (broad SMARTS) is 1. The lowest BCUT2D eigenvalue weighted by molar-refractivity contribution is -0.151. The Kier molecular flexibility index (Phi) is 4.06. The third-order valence-corrected chi connectivity index (χ3v) is 3.35. The van der Waals surface area contributed by atoms with Crippen LogP contribution >= 0.6 is 0 Å². The highest BCUT2D eigenvalue weighted by Gasteiger charge is 2.39. The molecule has 1 rings (SSSR count). The van der Waals surface area contributed by atoms with Crippen molar-refractivity contribution in [1.29, 1.82) is 0 Å². The maximum Gasteiger partial charge on any atom is 0.326 e. The van der Waals surface area contributed by atoms with E-state index in [9.17, 15) is 18.4 Å². The number of alkyl halides is 2. The van der Waals surface area contributed by atoms with Gasteiger partial charge < -0.3 is 10.0 Å². The average Bonchev–Trinajstić information content (AvgIpc) is 2.26. The zero-order valence-corrected chi connectivity index (χ0v) is 9.95. The van der Waals surface area contributed by atoms with Gasteiger partial charge in [-0.2, -0.15) is 0 Å². The molecule has 17 heavy (non-hydrogen) atoms. The molecule has 0 heterocycles. The van der Waals surface area contributed by atoms with E-state index >= 15 is 0 Å². The van der Waals surface area contributed by atoms with Crippen LogP contribution in [0, 0.1) is 5.92 Å². The summed E-state index contributed by atoms with van der Waals surface area (Å²) in [7, 11) is 1.40. The van der Waals surface area contributed by atoms with E-state index in [4.69, 9.17) is 5.11 Å². The Hall–Kier alpha value is -1.20. The van der Waals surface area contributed by atoms with E-state index in [0.717, 1.165) is 4.90 Å². The second-order valence-corrected chi connectivity index (χ2v) is 4.59. The van der Waals surface area contributed by atoms with E-state index in [0.29, 0.717) is 0 Å². The number of amides is 1. The molecular formula is C11H17F2NO3. The summed E-state index contributed by atoms with van der Waals surface area (Å²) in [5.41, 5.74) is 0.